The van der Waals surface area contributed by atoms with E-state index in [0.29, 0.717) is 33.2 Å². The average molecular weight is 436 g/mol. The van der Waals surface area contributed by atoms with Gasteiger partial charge in [-0.3, -0.25) is 14.5 Å². The number of aromatic nitrogens is 5. The molecule has 0 aliphatic carbocycles. The summed E-state index contributed by atoms with van der Waals surface area (Å²) in [5.41, 5.74) is 0.800. The molecular weight excluding hydrogens is 421 g/mol. The van der Waals surface area contributed by atoms with Crippen molar-refractivity contribution in [3.63, 3.8) is 0 Å². The fourth-order valence-electron chi connectivity index (χ4n) is 3.53. The summed E-state index contributed by atoms with van der Waals surface area (Å²) in [5.74, 6) is 0.175. The van der Waals surface area contributed by atoms with Gasteiger partial charge < -0.3 is 5.32 Å². The second kappa shape index (κ2) is 7.49. The quantitative estimate of drug-likeness (QED) is 0.439. The molecule has 3 aromatic heterocycles. The molecule has 32 heavy (non-hydrogen) atoms. The van der Waals surface area contributed by atoms with Gasteiger partial charge in [0.25, 0.3) is 5.56 Å². The van der Waals surface area contributed by atoms with E-state index in [0.717, 1.165) is 12.1 Å². The van der Waals surface area contributed by atoms with Crippen LogP contribution in [0.2, 0.25) is 0 Å². The van der Waals surface area contributed by atoms with Gasteiger partial charge in [-0.25, -0.2) is 4.98 Å². The zero-order chi connectivity index (χ0) is 22.3. The minimum atomic E-state index is -4.42. The number of anilines is 1. The largest absolute Gasteiger partial charge is 0.416 e. The number of aromatic amines is 1. The third-order valence-electron chi connectivity index (χ3n) is 5.03. The molecule has 0 saturated heterocycles. The molecule has 160 valence electrons. The first-order valence-electron chi connectivity index (χ1n) is 9.62. The van der Waals surface area contributed by atoms with Gasteiger partial charge >= 0.3 is 6.18 Å². The number of fused-ring (bicyclic) bond motifs is 3. The molecule has 0 spiro atoms. The smallest absolute Gasteiger partial charge is 0.350 e. The predicted molar refractivity (Wildman–Crippen MR) is 114 cm³/mol. The molecule has 0 aliphatic rings. The number of nitrogens with zero attached hydrogens (tertiary/aromatic N) is 4. The summed E-state index contributed by atoms with van der Waals surface area (Å²) in [6.45, 7) is 0.0790. The van der Waals surface area contributed by atoms with Crippen LogP contribution in [0, 0.1) is 0 Å². The average Bonchev–Trinajstić information content (AvgIpc) is 3.29. The zero-order valence-electron chi connectivity index (χ0n) is 16.4. The maximum Gasteiger partial charge on any atom is 0.416 e. The molecule has 5 rings (SSSR count). The van der Waals surface area contributed by atoms with Crippen LogP contribution in [0.15, 0.2) is 71.8 Å². The highest BCUT2D eigenvalue weighted by Gasteiger charge is 2.30. The fourth-order valence-corrected chi connectivity index (χ4v) is 3.53. The van der Waals surface area contributed by atoms with Crippen LogP contribution in [0.3, 0.4) is 0 Å². The van der Waals surface area contributed by atoms with Crippen molar-refractivity contribution in [1.82, 2.24) is 24.7 Å². The van der Waals surface area contributed by atoms with Crippen LogP contribution in [-0.4, -0.2) is 24.7 Å². The van der Waals surface area contributed by atoms with Crippen LogP contribution in [0.25, 0.3) is 27.6 Å². The Morgan fingerprint density at radius 2 is 1.84 bits per heavy atom. The van der Waals surface area contributed by atoms with Gasteiger partial charge in [0.1, 0.15) is 5.52 Å². The number of para-hydroxylation sites is 1. The number of halogens is 3. The molecule has 0 fully saturated rings. The van der Waals surface area contributed by atoms with E-state index < -0.39 is 11.7 Å². The number of benzene rings is 2. The van der Waals surface area contributed by atoms with Crippen molar-refractivity contribution >= 4 is 27.9 Å². The summed E-state index contributed by atoms with van der Waals surface area (Å²) < 4.78 is 40.4. The first-order chi connectivity index (χ1) is 15.4. The minimum Gasteiger partial charge on any atom is -0.350 e. The molecule has 0 aliphatic heterocycles. The topological polar surface area (TPSA) is 88.5 Å². The van der Waals surface area contributed by atoms with Crippen molar-refractivity contribution in [2.75, 3.05) is 5.32 Å². The van der Waals surface area contributed by atoms with Crippen molar-refractivity contribution < 1.29 is 13.2 Å². The van der Waals surface area contributed by atoms with E-state index >= 15 is 0 Å². The lowest BCUT2D eigenvalue weighted by Crippen LogP contribution is -2.20. The lowest BCUT2D eigenvalue weighted by Gasteiger charge is -2.12. The molecule has 0 saturated carbocycles. The number of hydrogen-bond donors (Lipinski definition) is 2. The van der Waals surface area contributed by atoms with Crippen molar-refractivity contribution in [3.8, 4) is 5.69 Å². The molecule has 5 aromatic rings. The highest BCUT2D eigenvalue weighted by Crippen LogP contribution is 2.29. The van der Waals surface area contributed by atoms with Crippen molar-refractivity contribution in [2.24, 2.45) is 0 Å². The van der Waals surface area contributed by atoms with Gasteiger partial charge in [-0.15, -0.1) is 0 Å². The number of alkyl halides is 3. The number of pyridine rings is 1. The Hall–Kier alpha value is -4.21. The molecule has 0 unspecified atom stereocenters. The summed E-state index contributed by atoms with van der Waals surface area (Å²) in [6, 6.07) is 14.0. The van der Waals surface area contributed by atoms with Crippen LogP contribution in [0.4, 0.5) is 19.1 Å². The summed E-state index contributed by atoms with van der Waals surface area (Å²) in [5, 5.41) is 10.8. The molecule has 0 atom stereocenters. The van der Waals surface area contributed by atoms with Gasteiger partial charge in [0.2, 0.25) is 5.95 Å². The number of rotatable bonds is 4. The minimum absolute atomic E-state index is 0.0790. The van der Waals surface area contributed by atoms with E-state index in [4.69, 9.17) is 0 Å². The second-order valence-corrected chi connectivity index (χ2v) is 7.11. The number of H-pyrrole nitrogens is 1. The van der Waals surface area contributed by atoms with E-state index in [1.54, 1.807) is 36.5 Å². The fraction of sp³-hybridized carbons (Fsp3) is 0.0909. The van der Waals surface area contributed by atoms with Gasteiger partial charge in [0.05, 0.1) is 22.0 Å². The Labute approximate surface area is 178 Å². The molecule has 3 heterocycles. The third-order valence-corrected chi connectivity index (χ3v) is 5.03. The van der Waals surface area contributed by atoms with E-state index in [1.807, 2.05) is 6.07 Å². The summed E-state index contributed by atoms with van der Waals surface area (Å²) >= 11 is 0. The third kappa shape index (κ3) is 3.45. The van der Waals surface area contributed by atoms with Crippen LogP contribution in [0.5, 0.6) is 0 Å². The predicted octanol–water partition coefficient (Wildman–Crippen LogP) is 4.29. The zero-order valence-corrected chi connectivity index (χ0v) is 16.4. The molecule has 2 aromatic carbocycles. The van der Waals surface area contributed by atoms with E-state index in [9.17, 15) is 18.0 Å². The number of hydrogen-bond acceptors (Lipinski definition) is 5. The van der Waals surface area contributed by atoms with E-state index in [2.05, 4.69) is 25.5 Å². The van der Waals surface area contributed by atoms with E-state index in [-0.39, 0.29) is 18.1 Å². The lowest BCUT2D eigenvalue weighted by atomic mass is 10.1. The Kier molecular flexibility index (Phi) is 4.62. The Balaban J connectivity index is 1.58. The van der Waals surface area contributed by atoms with Gasteiger partial charge in [0, 0.05) is 18.9 Å². The molecule has 10 heteroatoms. The maximum atomic E-state index is 13.1. The highest BCUT2D eigenvalue weighted by atomic mass is 19.4. The molecule has 2 N–H and O–H groups in total. The van der Waals surface area contributed by atoms with Crippen LogP contribution < -0.4 is 10.9 Å². The van der Waals surface area contributed by atoms with Crippen molar-refractivity contribution in [2.45, 2.75) is 12.7 Å². The Bertz CT molecular complexity index is 1490. The molecule has 0 bridgehead atoms. The summed E-state index contributed by atoms with van der Waals surface area (Å²) in [7, 11) is 0. The first-order valence-corrected chi connectivity index (χ1v) is 9.62. The van der Waals surface area contributed by atoms with E-state index in [1.165, 1.54) is 16.8 Å². The van der Waals surface area contributed by atoms with Gasteiger partial charge in [-0.1, -0.05) is 30.3 Å². The van der Waals surface area contributed by atoms with Crippen molar-refractivity contribution in [3.05, 3.63) is 88.5 Å². The molecule has 0 amide bonds. The van der Waals surface area contributed by atoms with Crippen molar-refractivity contribution in [1.29, 1.82) is 0 Å². The standard InChI is InChI=1S/C22H15F3N6O/c23-22(24,25)14-6-4-5-13(9-14)10-26-21-27-11-16-18-17(12-28-30-18)20(32)31(19(16)29-21)15-7-2-1-3-8-15/h1-9,11-12H,10H2,(H,28,30)(H,26,27,29). The Morgan fingerprint density at radius 1 is 1.03 bits per heavy atom. The normalized spacial score (nSPS) is 11.8. The summed E-state index contributed by atoms with van der Waals surface area (Å²) in [4.78, 5) is 21.9. The molecular formula is C22H15F3N6O. The highest BCUT2D eigenvalue weighted by molar-refractivity contribution is 6.02. The Morgan fingerprint density at radius 3 is 2.62 bits per heavy atom. The van der Waals surface area contributed by atoms with Gasteiger partial charge in [-0.05, 0) is 29.8 Å². The maximum absolute atomic E-state index is 13.1. The lowest BCUT2D eigenvalue weighted by molar-refractivity contribution is -0.137. The monoisotopic (exact) mass is 436 g/mol. The van der Waals surface area contributed by atoms with Gasteiger partial charge in [0.15, 0.2) is 5.65 Å². The molecule has 0 radical (unpaired) electrons. The SMILES string of the molecule is O=c1c2c[nH]nc2c2cnc(NCc3cccc(C(F)(F)F)c3)nc2n1-c1ccccc1. The van der Waals surface area contributed by atoms with Crippen LogP contribution in [0.1, 0.15) is 11.1 Å². The van der Waals surface area contributed by atoms with Gasteiger partial charge in [-0.2, -0.15) is 23.3 Å². The van der Waals surface area contributed by atoms with Crippen LogP contribution >= 0.6 is 0 Å². The number of nitrogens with one attached hydrogen (secondary N) is 2. The second-order valence-electron chi connectivity index (χ2n) is 7.11. The first kappa shape index (κ1) is 19.7. The molecule has 7 nitrogen and oxygen atoms in total. The van der Waals surface area contributed by atoms with Crippen LogP contribution in [-0.2, 0) is 12.7 Å². The summed E-state index contributed by atoms with van der Waals surface area (Å²) in [6.07, 6.45) is -1.36.